The highest BCUT2D eigenvalue weighted by atomic mass is 16.7. The van der Waals surface area contributed by atoms with Crippen LogP contribution in [0.5, 0.6) is 0 Å². The zero-order valence-corrected chi connectivity index (χ0v) is 16.1. The van der Waals surface area contributed by atoms with Crippen molar-refractivity contribution in [2.45, 2.75) is 45.8 Å². The molecule has 0 N–H and O–H groups in total. The van der Waals surface area contributed by atoms with Crippen LogP contribution in [0, 0.1) is 0 Å². The topological polar surface area (TPSA) is 52.6 Å². The van der Waals surface area contributed by atoms with Gasteiger partial charge in [-0.2, -0.15) is 0 Å². The van der Waals surface area contributed by atoms with Crippen molar-refractivity contribution in [3.8, 4) is 0 Å². The molecule has 27 heavy (non-hydrogen) atoms. The summed E-state index contributed by atoms with van der Waals surface area (Å²) in [7, 11) is 0. The highest BCUT2D eigenvalue weighted by molar-refractivity contribution is 6.09. The lowest BCUT2D eigenvalue weighted by Gasteiger charge is -2.17. The van der Waals surface area contributed by atoms with Gasteiger partial charge < -0.3 is 9.47 Å². The molecule has 0 saturated heterocycles. The van der Waals surface area contributed by atoms with Gasteiger partial charge in [-0.15, -0.1) is 0 Å². The van der Waals surface area contributed by atoms with E-state index in [1.807, 2.05) is 18.2 Å². The molecule has 0 radical (unpaired) electrons. The number of unbranched alkanes of at least 4 members (excludes halogenated alkanes) is 2. The standard InChI is InChI=1S/C23H28O4/c1-3-5-16-26-23(27-17-6-4-2)22(25)20-14-12-19(13-15-20)21(24)18-10-8-7-9-11-18/h7-15,23H,3-6,16-17H2,1-2H3. The minimum atomic E-state index is -0.890. The fraction of sp³-hybridized carbons (Fsp3) is 0.391. The number of hydrogen-bond donors (Lipinski definition) is 0. The minimum Gasteiger partial charge on any atom is -0.346 e. The first kappa shape index (κ1) is 21.0. The van der Waals surface area contributed by atoms with E-state index in [1.165, 1.54) is 0 Å². The quantitative estimate of drug-likeness (QED) is 0.298. The molecule has 0 fully saturated rings. The van der Waals surface area contributed by atoms with Crippen LogP contribution in [0.15, 0.2) is 54.6 Å². The monoisotopic (exact) mass is 368 g/mol. The first-order chi connectivity index (χ1) is 13.2. The molecule has 0 atom stereocenters. The van der Waals surface area contributed by atoms with Gasteiger partial charge in [-0.25, -0.2) is 0 Å². The Kier molecular flexibility index (Phi) is 8.89. The molecule has 4 heteroatoms. The Hall–Kier alpha value is -2.30. The van der Waals surface area contributed by atoms with Gasteiger partial charge in [0.25, 0.3) is 0 Å². The normalized spacial score (nSPS) is 10.9. The maximum absolute atomic E-state index is 12.7. The molecule has 0 bridgehead atoms. The smallest absolute Gasteiger partial charge is 0.222 e. The second-order valence-corrected chi connectivity index (χ2v) is 6.42. The first-order valence-corrected chi connectivity index (χ1v) is 9.64. The van der Waals surface area contributed by atoms with E-state index in [9.17, 15) is 9.59 Å². The number of Topliss-reactive ketones (excluding diaryl/α,β-unsaturated/α-hetero) is 1. The largest absolute Gasteiger partial charge is 0.346 e. The molecule has 0 unspecified atom stereocenters. The lowest BCUT2D eigenvalue weighted by molar-refractivity contribution is -0.115. The van der Waals surface area contributed by atoms with Crippen LogP contribution in [0.4, 0.5) is 0 Å². The summed E-state index contributed by atoms with van der Waals surface area (Å²) >= 11 is 0. The van der Waals surface area contributed by atoms with Crippen molar-refractivity contribution in [1.82, 2.24) is 0 Å². The van der Waals surface area contributed by atoms with Crippen LogP contribution >= 0.6 is 0 Å². The van der Waals surface area contributed by atoms with Gasteiger partial charge in [-0.1, -0.05) is 81.3 Å². The van der Waals surface area contributed by atoms with Gasteiger partial charge in [0.2, 0.25) is 12.1 Å². The molecule has 0 aliphatic rings. The second-order valence-electron chi connectivity index (χ2n) is 6.42. The minimum absolute atomic E-state index is 0.0652. The van der Waals surface area contributed by atoms with Gasteiger partial charge >= 0.3 is 0 Å². The highest BCUT2D eigenvalue weighted by Crippen LogP contribution is 2.14. The molecule has 0 aliphatic carbocycles. The van der Waals surface area contributed by atoms with E-state index >= 15 is 0 Å². The van der Waals surface area contributed by atoms with Crippen molar-refractivity contribution in [2.24, 2.45) is 0 Å². The average molecular weight is 368 g/mol. The molecule has 0 aliphatic heterocycles. The second kappa shape index (κ2) is 11.4. The summed E-state index contributed by atoms with van der Waals surface area (Å²) in [5.74, 6) is -0.273. The fourth-order valence-corrected chi connectivity index (χ4v) is 2.55. The summed E-state index contributed by atoms with van der Waals surface area (Å²) in [6.45, 7) is 5.12. The Labute approximate surface area is 161 Å². The Morgan fingerprint density at radius 1 is 0.741 bits per heavy atom. The van der Waals surface area contributed by atoms with Crippen LogP contribution in [0.3, 0.4) is 0 Å². The number of rotatable bonds is 12. The average Bonchev–Trinajstić information content (AvgIpc) is 2.72. The van der Waals surface area contributed by atoms with Crippen LogP contribution < -0.4 is 0 Å². The van der Waals surface area contributed by atoms with Crippen molar-refractivity contribution in [3.05, 3.63) is 71.3 Å². The van der Waals surface area contributed by atoms with Crippen LogP contribution in [0.1, 0.15) is 65.8 Å². The van der Waals surface area contributed by atoms with E-state index < -0.39 is 6.29 Å². The van der Waals surface area contributed by atoms with Gasteiger partial charge in [-0.3, -0.25) is 9.59 Å². The van der Waals surface area contributed by atoms with Gasteiger partial charge in [0, 0.05) is 16.7 Å². The van der Waals surface area contributed by atoms with Gasteiger partial charge in [0.1, 0.15) is 0 Å². The van der Waals surface area contributed by atoms with Crippen molar-refractivity contribution < 1.29 is 19.1 Å². The Morgan fingerprint density at radius 2 is 1.22 bits per heavy atom. The summed E-state index contributed by atoms with van der Waals surface area (Å²) in [5, 5.41) is 0. The predicted molar refractivity (Wildman–Crippen MR) is 106 cm³/mol. The third-order valence-corrected chi connectivity index (χ3v) is 4.22. The van der Waals surface area contributed by atoms with E-state index in [2.05, 4.69) is 13.8 Å². The van der Waals surface area contributed by atoms with Crippen molar-refractivity contribution in [2.75, 3.05) is 13.2 Å². The molecular weight excluding hydrogens is 340 g/mol. The molecule has 2 aromatic carbocycles. The van der Waals surface area contributed by atoms with E-state index in [-0.39, 0.29) is 11.6 Å². The molecule has 0 aromatic heterocycles. The number of hydrogen-bond acceptors (Lipinski definition) is 4. The van der Waals surface area contributed by atoms with Crippen molar-refractivity contribution in [3.63, 3.8) is 0 Å². The van der Waals surface area contributed by atoms with E-state index in [4.69, 9.17) is 9.47 Å². The SMILES string of the molecule is CCCCOC(OCCCC)C(=O)c1ccc(C(=O)c2ccccc2)cc1. The lowest BCUT2D eigenvalue weighted by Crippen LogP contribution is -2.28. The van der Waals surface area contributed by atoms with E-state index in [1.54, 1.807) is 36.4 Å². The van der Waals surface area contributed by atoms with Crippen LogP contribution in [0.25, 0.3) is 0 Å². The molecule has 2 aromatic rings. The zero-order valence-electron chi connectivity index (χ0n) is 16.1. The third kappa shape index (κ3) is 6.42. The summed E-state index contributed by atoms with van der Waals surface area (Å²) in [4.78, 5) is 25.2. The van der Waals surface area contributed by atoms with E-state index in [0.29, 0.717) is 29.9 Å². The summed E-state index contributed by atoms with van der Waals surface area (Å²) < 4.78 is 11.3. The molecular formula is C23H28O4. The number of carbonyl (C=O) groups is 2. The number of ether oxygens (including phenoxy) is 2. The maximum Gasteiger partial charge on any atom is 0.222 e. The summed E-state index contributed by atoms with van der Waals surface area (Å²) in [5.41, 5.74) is 1.66. The molecule has 0 heterocycles. The number of benzene rings is 2. The molecule has 0 saturated carbocycles. The number of carbonyl (C=O) groups excluding carboxylic acids is 2. The van der Waals surface area contributed by atoms with Crippen LogP contribution in [-0.4, -0.2) is 31.1 Å². The zero-order chi connectivity index (χ0) is 19.5. The lowest BCUT2D eigenvalue weighted by atomic mass is 10.0. The Morgan fingerprint density at radius 3 is 1.74 bits per heavy atom. The van der Waals surface area contributed by atoms with Crippen LogP contribution in [-0.2, 0) is 9.47 Å². The predicted octanol–water partition coefficient (Wildman–Crippen LogP) is 5.06. The fourth-order valence-electron chi connectivity index (χ4n) is 2.55. The van der Waals surface area contributed by atoms with Crippen molar-refractivity contribution >= 4 is 11.6 Å². The molecule has 144 valence electrons. The summed E-state index contributed by atoms with van der Waals surface area (Å²) in [6, 6.07) is 15.8. The van der Waals surface area contributed by atoms with Crippen molar-refractivity contribution in [1.29, 1.82) is 0 Å². The summed E-state index contributed by atoms with van der Waals surface area (Å²) in [6.07, 6.45) is 2.86. The maximum atomic E-state index is 12.7. The highest BCUT2D eigenvalue weighted by Gasteiger charge is 2.22. The molecule has 0 spiro atoms. The first-order valence-electron chi connectivity index (χ1n) is 9.64. The number of ketones is 2. The Bertz CT molecular complexity index is 697. The molecule has 2 rings (SSSR count). The molecule has 0 amide bonds. The Balaban J connectivity index is 2.07. The molecule has 4 nitrogen and oxygen atoms in total. The van der Waals surface area contributed by atoms with E-state index in [0.717, 1.165) is 25.7 Å². The van der Waals surface area contributed by atoms with Gasteiger partial charge in [0.05, 0.1) is 13.2 Å². The third-order valence-electron chi connectivity index (χ3n) is 4.22. The van der Waals surface area contributed by atoms with Gasteiger partial charge in [-0.05, 0) is 12.8 Å². The van der Waals surface area contributed by atoms with Gasteiger partial charge in [0.15, 0.2) is 5.78 Å². The van der Waals surface area contributed by atoms with Crippen LogP contribution in [0.2, 0.25) is 0 Å².